The Hall–Kier alpha value is -1.63. The van der Waals surface area contributed by atoms with Crippen LogP contribution in [-0.2, 0) is 14.3 Å². The zero-order valence-corrected chi connectivity index (χ0v) is 19.4. The van der Waals surface area contributed by atoms with Gasteiger partial charge >= 0.3 is 6.09 Å². The van der Waals surface area contributed by atoms with E-state index >= 15 is 0 Å². The standard InChI is InChI=1S/C23H39N3O4/c1-17(2)25(21(29)30-22(3,4)5)15-18-9-8-12-24(14-18)16-26-19(27)13-23(20(26)28)10-6-7-11-23/h17-18H,6-16H2,1-5H3. The number of hydrogen-bond donors (Lipinski definition) is 0. The molecule has 1 unspecified atom stereocenters. The minimum absolute atomic E-state index is 0.0124. The predicted molar refractivity (Wildman–Crippen MR) is 115 cm³/mol. The molecule has 170 valence electrons. The number of rotatable bonds is 5. The molecule has 1 spiro atoms. The summed E-state index contributed by atoms with van der Waals surface area (Å²) in [5.74, 6) is 0.341. The smallest absolute Gasteiger partial charge is 0.410 e. The van der Waals surface area contributed by atoms with Gasteiger partial charge in [0, 0.05) is 25.6 Å². The van der Waals surface area contributed by atoms with Gasteiger partial charge in [0.05, 0.1) is 12.1 Å². The average molecular weight is 422 g/mol. The summed E-state index contributed by atoms with van der Waals surface area (Å²) >= 11 is 0. The first-order valence-electron chi connectivity index (χ1n) is 11.6. The summed E-state index contributed by atoms with van der Waals surface area (Å²) in [6.45, 7) is 12.4. The van der Waals surface area contributed by atoms with Gasteiger partial charge in [0.25, 0.3) is 0 Å². The van der Waals surface area contributed by atoms with Crippen molar-refractivity contribution in [2.75, 3.05) is 26.3 Å². The van der Waals surface area contributed by atoms with Gasteiger partial charge in [-0.3, -0.25) is 19.4 Å². The van der Waals surface area contributed by atoms with Crippen molar-refractivity contribution in [3.63, 3.8) is 0 Å². The molecule has 1 aliphatic carbocycles. The first-order valence-corrected chi connectivity index (χ1v) is 11.6. The molecule has 2 heterocycles. The molecule has 3 aliphatic rings. The molecule has 7 heteroatoms. The van der Waals surface area contributed by atoms with E-state index in [4.69, 9.17) is 4.74 Å². The third-order valence-corrected chi connectivity index (χ3v) is 6.70. The predicted octanol–water partition coefficient (Wildman–Crippen LogP) is 3.62. The maximum atomic E-state index is 13.0. The summed E-state index contributed by atoms with van der Waals surface area (Å²) in [5, 5.41) is 0. The van der Waals surface area contributed by atoms with Gasteiger partial charge in [-0.2, -0.15) is 0 Å². The maximum absolute atomic E-state index is 13.0. The zero-order valence-electron chi connectivity index (χ0n) is 19.4. The fourth-order valence-electron chi connectivity index (χ4n) is 5.17. The molecule has 0 aromatic heterocycles. The van der Waals surface area contributed by atoms with Crippen molar-refractivity contribution in [3.05, 3.63) is 0 Å². The number of hydrogen-bond acceptors (Lipinski definition) is 5. The van der Waals surface area contributed by atoms with Gasteiger partial charge in [-0.05, 0) is 72.8 Å². The Labute approximate surface area is 181 Å². The van der Waals surface area contributed by atoms with Gasteiger partial charge in [-0.1, -0.05) is 12.8 Å². The lowest BCUT2D eigenvalue weighted by Crippen LogP contribution is -2.50. The van der Waals surface area contributed by atoms with E-state index in [-0.39, 0.29) is 23.9 Å². The monoisotopic (exact) mass is 421 g/mol. The van der Waals surface area contributed by atoms with Crippen molar-refractivity contribution in [1.82, 2.24) is 14.7 Å². The van der Waals surface area contributed by atoms with Gasteiger partial charge in [-0.15, -0.1) is 0 Å². The van der Waals surface area contributed by atoms with Crippen LogP contribution in [-0.4, -0.2) is 70.6 Å². The van der Waals surface area contributed by atoms with Gasteiger partial charge in [0.1, 0.15) is 5.60 Å². The summed E-state index contributed by atoms with van der Waals surface area (Å²) in [5.41, 5.74) is -0.924. The summed E-state index contributed by atoms with van der Waals surface area (Å²) in [6, 6.07) is 0.0548. The third-order valence-electron chi connectivity index (χ3n) is 6.70. The minimum atomic E-state index is -0.518. The third kappa shape index (κ3) is 5.16. The van der Waals surface area contributed by atoms with Crippen molar-refractivity contribution in [2.24, 2.45) is 11.3 Å². The van der Waals surface area contributed by atoms with E-state index in [2.05, 4.69) is 4.90 Å². The highest BCUT2D eigenvalue weighted by atomic mass is 16.6. The lowest BCUT2D eigenvalue weighted by atomic mass is 9.85. The van der Waals surface area contributed by atoms with Crippen molar-refractivity contribution < 1.29 is 19.1 Å². The largest absolute Gasteiger partial charge is 0.444 e. The van der Waals surface area contributed by atoms with Crippen LogP contribution < -0.4 is 0 Å². The molecule has 3 rings (SSSR count). The zero-order chi connectivity index (χ0) is 22.1. The molecule has 3 fully saturated rings. The van der Waals surface area contributed by atoms with Gasteiger partial charge in [0.2, 0.25) is 11.8 Å². The number of amides is 3. The lowest BCUT2D eigenvalue weighted by molar-refractivity contribution is -0.144. The molecule has 0 aromatic carbocycles. The van der Waals surface area contributed by atoms with E-state index in [1.807, 2.05) is 34.6 Å². The van der Waals surface area contributed by atoms with Crippen molar-refractivity contribution in [2.45, 2.75) is 91.2 Å². The topological polar surface area (TPSA) is 70.2 Å². The summed E-state index contributed by atoms with van der Waals surface area (Å²) < 4.78 is 5.59. The number of likely N-dealkylation sites (tertiary alicyclic amines) is 2. The first kappa shape index (κ1) is 23.0. The van der Waals surface area contributed by atoms with Crippen LogP contribution in [0.3, 0.4) is 0 Å². The summed E-state index contributed by atoms with van der Waals surface area (Å²) in [6.07, 6.45) is 5.97. The summed E-state index contributed by atoms with van der Waals surface area (Å²) in [4.78, 5) is 43.8. The van der Waals surface area contributed by atoms with Crippen LogP contribution in [0.4, 0.5) is 4.79 Å². The second-order valence-electron chi connectivity index (χ2n) is 10.7. The Balaban J connectivity index is 1.59. The molecule has 0 radical (unpaired) electrons. The molecule has 1 saturated carbocycles. The maximum Gasteiger partial charge on any atom is 0.410 e. The van der Waals surface area contributed by atoms with E-state index in [1.54, 1.807) is 4.90 Å². The first-order chi connectivity index (χ1) is 14.0. The van der Waals surface area contributed by atoms with Gasteiger partial charge < -0.3 is 9.64 Å². The van der Waals surface area contributed by atoms with Crippen LogP contribution >= 0.6 is 0 Å². The SMILES string of the molecule is CC(C)N(CC1CCCN(CN2C(=O)CC3(CCCC3)C2=O)C1)C(=O)OC(C)(C)C. The fourth-order valence-corrected chi connectivity index (χ4v) is 5.17. The lowest BCUT2D eigenvalue weighted by Gasteiger charge is -2.38. The number of carbonyl (C=O) groups excluding carboxylic acids is 3. The molecular weight excluding hydrogens is 382 g/mol. The molecule has 1 atom stereocenters. The van der Waals surface area contributed by atoms with Crippen molar-refractivity contribution in [3.8, 4) is 0 Å². The van der Waals surface area contributed by atoms with E-state index < -0.39 is 11.0 Å². The van der Waals surface area contributed by atoms with Crippen LogP contribution in [0.25, 0.3) is 0 Å². The second kappa shape index (κ2) is 8.85. The average Bonchev–Trinajstić information content (AvgIpc) is 3.19. The normalized spacial score (nSPS) is 24.9. The van der Waals surface area contributed by atoms with Crippen LogP contribution in [0.5, 0.6) is 0 Å². The van der Waals surface area contributed by atoms with E-state index in [9.17, 15) is 14.4 Å². The molecule has 0 aromatic rings. The Bertz CT molecular complexity index is 664. The molecule has 2 saturated heterocycles. The molecule has 2 aliphatic heterocycles. The van der Waals surface area contributed by atoms with Crippen molar-refractivity contribution >= 4 is 17.9 Å². The molecule has 0 bridgehead atoms. The van der Waals surface area contributed by atoms with Crippen LogP contribution in [0.2, 0.25) is 0 Å². The Morgan fingerprint density at radius 1 is 1.20 bits per heavy atom. The Kier molecular flexibility index (Phi) is 6.80. The van der Waals surface area contributed by atoms with E-state index in [0.717, 1.165) is 51.6 Å². The molecular formula is C23H39N3O4. The number of imide groups is 1. The van der Waals surface area contributed by atoms with Crippen LogP contribution in [0, 0.1) is 11.3 Å². The molecule has 3 amide bonds. The highest BCUT2D eigenvalue weighted by Crippen LogP contribution is 2.46. The van der Waals surface area contributed by atoms with Crippen LogP contribution in [0.15, 0.2) is 0 Å². The van der Waals surface area contributed by atoms with Gasteiger partial charge in [-0.25, -0.2) is 4.79 Å². The van der Waals surface area contributed by atoms with E-state index in [1.165, 1.54) is 4.90 Å². The highest BCUT2D eigenvalue weighted by molar-refractivity contribution is 6.06. The quantitative estimate of drug-likeness (QED) is 0.634. The molecule has 7 nitrogen and oxygen atoms in total. The molecule has 0 N–H and O–H groups in total. The number of carbonyl (C=O) groups is 3. The number of nitrogens with zero attached hydrogens (tertiary/aromatic N) is 3. The minimum Gasteiger partial charge on any atom is -0.444 e. The molecule has 30 heavy (non-hydrogen) atoms. The number of piperidine rings is 1. The highest BCUT2D eigenvalue weighted by Gasteiger charge is 2.52. The summed E-state index contributed by atoms with van der Waals surface area (Å²) in [7, 11) is 0. The number of ether oxygens (including phenoxy) is 1. The Morgan fingerprint density at radius 3 is 2.47 bits per heavy atom. The Morgan fingerprint density at radius 2 is 1.87 bits per heavy atom. The van der Waals surface area contributed by atoms with Gasteiger partial charge in [0.15, 0.2) is 0 Å². The van der Waals surface area contributed by atoms with Crippen molar-refractivity contribution in [1.29, 1.82) is 0 Å². The fraction of sp³-hybridized carbons (Fsp3) is 0.870. The second-order valence-corrected chi connectivity index (χ2v) is 10.7. The van der Waals surface area contributed by atoms with Crippen LogP contribution in [0.1, 0.15) is 79.6 Å². The van der Waals surface area contributed by atoms with E-state index in [0.29, 0.717) is 25.6 Å².